The number of carbonyl (C=O) groups excluding carboxylic acids is 1. The van der Waals surface area contributed by atoms with Crippen molar-refractivity contribution < 1.29 is 13.2 Å². The highest BCUT2D eigenvalue weighted by molar-refractivity contribution is 7.89. The van der Waals surface area contributed by atoms with E-state index in [1.54, 1.807) is 35.5 Å². The van der Waals surface area contributed by atoms with Crippen molar-refractivity contribution in [1.82, 2.24) is 19.6 Å². The van der Waals surface area contributed by atoms with Crippen LogP contribution in [0.25, 0.3) is 0 Å². The summed E-state index contributed by atoms with van der Waals surface area (Å²) >= 11 is 5.85. The van der Waals surface area contributed by atoms with Crippen LogP contribution in [0.15, 0.2) is 47.6 Å². The van der Waals surface area contributed by atoms with Gasteiger partial charge in [-0.25, -0.2) is 18.4 Å². The van der Waals surface area contributed by atoms with Crippen LogP contribution in [0.4, 0.5) is 5.95 Å². The second-order valence-corrected chi connectivity index (χ2v) is 8.31. The summed E-state index contributed by atoms with van der Waals surface area (Å²) in [5, 5.41) is 0.316. The minimum absolute atomic E-state index is 0.0284. The fourth-order valence-corrected chi connectivity index (χ4v) is 4.34. The van der Waals surface area contributed by atoms with Gasteiger partial charge in [-0.2, -0.15) is 4.72 Å². The zero-order chi connectivity index (χ0) is 19.4. The van der Waals surface area contributed by atoms with Crippen LogP contribution in [0.1, 0.15) is 6.92 Å². The SMILES string of the molecule is C[C@H](NS(=O)(=O)c1cccc(Cl)c1)C(=O)N1CCN(c2ncccn2)CC1. The third-order valence-corrected chi connectivity index (χ3v) is 6.01. The lowest BCUT2D eigenvalue weighted by Gasteiger charge is -2.35. The number of anilines is 1. The molecule has 2 aromatic rings. The summed E-state index contributed by atoms with van der Waals surface area (Å²) in [6.07, 6.45) is 3.35. The maximum atomic E-state index is 12.6. The summed E-state index contributed by atoms with van der Waals surface area (Å²) in [4.78, 5) is 24.7. The van der Waals surface area contributed by atoms with Crippen LogP contribution in [0.5, 0.6) is 0 Å². The number of piperazine rings is 1. The first-order valence-corrected chi connectivity index (χ1v) is 10.3. The van der Waals surface area contributed by atoms with Gasteiger partial charge in [-0.15, -0.1) is 0 Å². The maximum Gasteiger partial charge on any atom is 0.241 e. The normalized spacial score (nSPS) is 16.2. The van der Waals surface area contributed by atoms with E-state index < -0.39 is 16.1 Å². The molecule has 1 atom stereocenters. The number of sulfonamides is 1. The molecule has 10 heteroatoms. The molecule has 0 bridgehead atoms. The van der Waals surface area contributed by atoms with E-state index in [0.717, 1.165) is 0 Å². The Morgan fingerprint density at radius 1 is 1.15 bits per heavy atom. The third-order valence-electron chi connectivity index (χ3n) is 4.24. The smallest absolute Gasteiger partial charge is 0.241 e. The highest BCUT2D eigenvalue weighted by Crippen LogP contribution is 2.16. The molecular formula is C17H20ClN5O3S. The van der Waals surface area contributed by atoms with Crippen molar-refractivity contribution >= 4 is 33.5 Å². The third kappa shape index (κ3) is 4.74. The average Bonchev–Trinajstić information content (AvgIpc) is 2.68. The van der Waals surface area contributed by atoms with Gasteiger partial charge in [0, 0.05) is 43.6 Å². The number of amides is 1. The second kappa shape index (κ2) is 8.20. The number of nitrogens with one attached hydrogen (secondary N) is 1. The minimum Gasteiger partial charge on any atom is -0.338 e. The van der Waals surface area contributed by atoms with Gasteiger partial charge in [-0.3, -0.25) is 4.79 Å². The predicted octanol–water partition coefficient (Wildman–Crippen LogP) is 1.15. The molecule has 27 heavy (non-hydrogen) atoms. The van der Waals surface area contributed by atoms with Gasteiger partial charge in [-0.1, -0.05) is 17.7 Å². The standard InChI is InChI=1S/C17H20ClN5O3S/c1-13(21-27(25,26)15-5-2-4-14(18)12-15)16(24)22-8-10-23(11-9-22)17-19-6-3-7-20-17/h2-7,12-13,21H,8-11H2,1H3/t13-/m0/s1. The van der Waals surface area contributed by atoms with Crippen molar-refractivity contribution in [2.45, 2.75) is 17.9 Å². The van der Waals surface area contributed by atoms with E-state index in [9.17, 15) is 13.2 Å². The highest BCUT2D eigenvalue weighted by Gasteiger charge is 2.28. The van der Waals surface area contributed by atoms with Crippen molar-refractivity contribution in [3.8, 4) is 0 Å². The molecule has 8 nitrogen and oxygen atoms in total. The Morgan fingerprint density at radius 2 is 1.81 bits per heavy atom. The lowest BCUT2D eigenvalue weighted by molar-refractivity contribution is -0.132. The van der Waals surface area contributed by atoms with Crippen molar-refractivity contribution in [1.29, 1.82) is 0 Å². The number of aromatic nitrogens is 2. The fourth-order valence-electron chi connectivity index (χ4n) is 2.84. The zero-order valence-electron chi connectivity index (χ0n) is 14.7. The first-order valence-electron chi connectivity index (χ1n) is 8.45. The van der Waals surface area contributed by atoms with Gasteiger partial charge < -0.3 is 9.80 Å². The Balaban J connectivity index is 1.60. The highest BCUT2D eigenvalue weighted by atomic mass is 35.5. The van der Waals surface area contributed by atoms with E-state index >= 15 is 0 Å². The van der Waals surface area contributed by atoms with Gasteiger partial charge in [0.1, 0.15) is 0 Å². The van der Waals surface area contributed by atoms with E-state index in [0.29, 0.717) is 37.1 Å². The molecule has 3 rings (SSSR count). The van der Waals surface area contributed by atoms with Crippen LogP contribution in [-0.4, -0.2) is 61.4 Å². The Hall–Kier alpha value is -2.23. The quantitative estimate of drug-likeness (QED) is 0.795. The van der Waals surface area contributed by atoms with Crippen molar-refractivity contribution in [3.05, 3.63) is 47.7 Å². The minimum atomic E-state index is -3.83. The molecular weight excluding hydrogens is 390 g/mol. The molecule has 1 aromatic carbocycles. The van der Waals surface area contributed by atoms with Crippen LogP contribution >= 0.6 is 11.6 Å². The van der Waals surface area contributed by atoms with Gasteiger partial charge in [0.05, 0.1) is 10.9 Å². The molecule has 1 N–H and O–H groups in total. The van der Waals surface area contributed by atoms with Gasteiger partial charge >= 0.3 is 0 Å². The summed E-state index contributed by atoms with van der Waals surface area (Å²) in [7, 11) is -3.83. The van der Waals surface area contributed by atoms with Gasteiger partial charge in [-0.05, 0) is 31.2 Å². The van der Waals surface area contributed by atoms with Crippen molar-refractivity contribution in [3.63, 3.8) is 0 Å². The Labute approximate surface area is 163 Å². The van der Waals surface area contributed by atoms with E-state index in [-0.39, 0.29) is 10.8 Å². The number of carbonyl (C=O) groups is 1. The Kier molecular flexibility index (Phi) is 5.93. The van der Waals surface area contributed by atoms with Crippen LogP contribution in [0.3, 0.4) is 0 Å². The van der Waals surface area contributed by atoms with E-state index in [1.807, 2.05) is 4.90 Å². The fraction of sp³-hybridized carbons (Fsp3) is 0.353. The number of benzene rings is 1. The molecule has 0 aliphatic carbocycles. The maximum absolute atomic E-state index is 12.6. The summed E-state index contributed by atoms with van der Waals surface area (Å²) in [6, 6.07) is 6.79. The average molecular weight is 410 g/mol. The molecule has 144 valence electrons. The number of nitrogens with zero attached hydrogens (tertiary/aromatic N) is 4. The van der Waals surface area contributed by atoms with Crippen LogP contribution in [-0.2, 0) is 14.8 Å². The molecule has 1 aliphatic rings. The van der Waals surface area contributed by atoms with Crippen molar-refractivity contribution in [2.24, 2.45) is 0 Å². The van der Waals surface area contributed by atoms with E-state index in [2.05, 4.69) is 14.7 Å². The molecule has 1 aliphatic heterocycles. The molecule has 0 spiro atoms. The van der Waals surface area contributed by atoms with Crippen molar-refractivity contribution in [2.75, 3.05) is 31.1 Å². The second-order valence-electron chi connectivity index (χ2n) is 6.16. The summed E-state index contributed by atoms with van der Waals surface area (Å²) in [6.45, 7) is 3.66. The topological polar surface area (TPSA) is 95.5 Å². The largest absolute Gasteiger partial charge is 0.338 e. The summed E-state index contributed by atoms with van der Waals surface area (Å²) in [5.74, 6) is 0.355. The predicted molar refractivity (Wildman–Crippen MR) is 102 cm³/mol. The molecule has 1 fully saturated rings. The summed E-state index contributed by atoms with van der Waals surface area (Å²) in [5.41, 5.74) is 0. The molecule has 1 saturated heterocycles. The van der Waals surface area contributed by atoms with Crippen LogP contribution in [0, 0.1) is 0 Å². The molecule has 1 amide bonds. The number of halogens is 1. The number of rotatable bonds is 5. The molecule has 0 unspecified atom stereocenters. The van der Waals surface area contributed by atoms with E-state index in [1.165, 1.54) is 19.1 Å². The van der Waals surface area contributed by atoms with Gasteiger partial charge in [0.25, 0.3) is 0 Å². The lowest BCUT2D eigenvalue weighted by Crippen LogP contribution is -2.54. The lowest BCUT2D eigenvalue weighted by atomic mass is 10.2. The van der Waals surface area contributed by atoms with Gasteiger partial charge in [0.2, 0.25) is 21.9 Å². The number of hydrogen-bond donors (Lipinski definition) is 1. The van der Waals surface area contributed by atoms with Crippen LogP contribution in [0.2, 0.25) is 5.02 Å². The summed E-state index contributed by atoms with van der Waals surface area (Å²) < 4.78 is 27.3. The molecule has 2 heterocycles. The molecule has 0 radical (unpaired) electrons. The first-order chi connectivity index (χ1) is 12.9. The monoisotopic (exact) mass is 409 g/mol. The zero-order valence-corrected chi connectivity index (χ0v) is 16.3. The first kappa shape index (κ1) is 19.5. The van der Waals surface area contributed by atoms with E-state index in [4.69, 9.17) is 11.6 Å². The molecule has 0 saturated carbocycles. The number of hydrogen-bond acceptors (Lipinski definition) is 6. The molecule has 1 aromatic heterocycles. The Bertz CT molecular complexity index is 902. The van der Waals surface area contributed by atoms with Gasteiger partial charge in [0.15, 0.2) is 0 Å². The van der Waals surface area contributed by atoms with Crippen LogP contribution < -0.4 is 9.62 Å². The Morgan fingerprint density at radius 3 is 2.44 bits per heavy atom.